The Kier molecular flexibility index (Phi) is 5.33. The average molecular weight is 337 g/mol. The zero-order valence-corrected chi connectivity index (χ0v) is 14.7. The monoisotopic (exact) mass is 337 g/mol. The molecule has 0 atom stereocenters. The van der Waals surface area contributed by atoms with Crippen molar-refractivity contribution in [2.75, 3.05) is 13.7 Å². The van der Waals surface area contributed by atoms with Gasteiger partial charge in [-0.25, -0.2) is 4.98 Å². The fraction of sp³-hybridized carbons (Fsp3) is 0.300. The summed E-state index contributed by atoms with van der Waals surface area (Å²) in [5.74, 6) is 1.80. The number of nitrogens with zero attached hydrogens (tertiary/aromatic N) is 2. The second-order valence-corrected chi connectivity index (χ2v) is 6.03. The van der Waals surface area contributed by atoms with Gasteiger partial charge in [-0.05, 0) is 43.2 Å². The molecule has 1 heterocycles. The number of nitrogens with one attached hydrogen (secondary N) is 1. The van der Waals surface area contributed by atoms with Crippen molar-refractivity contribution in [3.05, 3.63) is 59.9 Å². The molecule has 1 N–H and O–H groups in total. The van der Waals surface area contributed by atoms with Crippen molar-refractivity contribution in [3.8, 4) is 5.75 Å². The number of benzene rings is 2. The second kappa shape index (κ2) is 7.83. The van der Waals surface area contributed by atoms with Crippen LogP contribution in [0.15, 0.2) is 48.5 Å². The van der Waals surface area contributed by atoms with E-state index in [9.17, 15) is 4.79 Å². The Balaban J connectivity index is 1.49. The summed E-state index contributed by atoms with van der Waals surface area (Å²) < 4.78 is 7.38. The number of carbonyl (C=O) groups excluding carboxylic acids is 1. The van der Waals surface area contributed by atoms with Crippen LogP contribution < -0.4 is 10.1 Å². The summed E-state index contributed by atoms with van der Waals surface area (Å²) in [6.45, 7) is 3.50. The fourth-order valence-corrected chi connectivity index (χ4v) is 2.97. The molecule has 0 spiro atoms. The van der Waals surface area contributed by atoms with Gasteiger partial charge in [-0.2, -0.15) is 0 Å². The Morgan fingerprint density at radius 1 is 1.20 bits per heavy atom. The molecule has 5 nitrogen and oxygen atoms in total. The van der Waals surface area contributed by atoms with Crippen LogP contribution in [0.2, 0.25) is 0 Å². The topological polar surface area (TPSA) is 56.1 Å². The molecule has 1 amide bonds. The van der Waals surface area contributed by atoms with E-state index in [2.05, 4.69) is 20.9 Å². The number of aromatic nitrogens is 2. The molecule has 0 radical (unpaired) electrons. The van der Waals surface area contributed by atoms with Gasteiger partial charge in [0.1, 0.15) is 11.6 Å². The van der Waals surface area contributed by atoms with Gasteiger partial charge < -0.3 is 14.6 Å². The first-order valence-corrected chi connectivity index (χ1v) is 8.49. The van der Waals surface area contributed by atoms with Crippen molar-refractivity contribution in [3.63, 3.8) is 0 Å². The molecule has 0 saturated carbocycles. The van der Waals surface area contributed by atoms with Crippen LogP contribution in [-0.2, 0) is 17.8 Å². The Labute approximate surface area is 147 Å². The zero-order chi connectivity index (χ0) is 17.6. The molecule has 25 heavy (non-hydrogen) atoms. The minimum absolute atomic E-state index is 0.0282. The number of fused-ring (bicyclic) bond motifs is 1. The van der Waals surface area contributed by atoms with Crippen LogP contribution in [-0.4, -0.2) is 29.1 Å². The van der Waals surface area contributed by atoms with E-state index in [1.807, 2.05) is 49.4 Å². The van der Waals surface area contributed by atoms with E-state index >= 15 is 0 Å². The van der Waals surface area contributed by atoms with Gasteiger partial charge in [0.05, 0.1) is 24.6 Å². The number of amides is 1. The van der Waals surface area contributed by atoms with Gasteiger partial charge in [0.25, 0.3) is 0 Å². The molecule has 2 aromatic carbocycles. The van der Waals surface area contributed by atoms with Crippen LogP contribution in [0.5, 0.6) is 5.75 Å². The molecule has 130 valence electrons. The maximum atomic E-state index is 12.1. The second-order valence-electron chi connectivity index (χ2n) is 6.03. The number of hydrogen-bond acceptors (Lipinski definition) is 3. The Morgan fingerprint density at radius 2 is 2.04 bits per heavy atom. The summed E-state index contributed by atoms with van der Waals surface area (Å²) >= 11 is 0. The van der Waals surface area contributed by atoms with E-state index in [0.29, 0.717) is 13.0 Å². The Bertz CT molecular complexity index is 870. The van der Waals surface area contributed by atoms with E-state index < -0.39 is 0 Å². The Morgan fingerprint density at radius 3 is 2.88 bits per heavy atom. The lowest BCUT2D eigenvalue weighted by Crippen LogP contribution is -2.26. The molecule has 0 bridgehead atoms. The third kappa shape index (κ3) is 4.18. The van der Waals surface area contributed by atoms with Crippen LogP contribution >= 0.6 is 0 Å². The van der Waals surface area contributed by atoms with E-state index in [1.54, 1.807) is 7.11 Å². The molecule has 1 aromatic heterocycles. The molecule has 0 aliphatic carbocycles. The van der Waals surface area contributed by atoms with E-state index in [-0.39, 0.29) is 5.91 Å². The molecule has 0 saturated heterocycles. The number of aryl methyl sites for hydroxylation is 2. The van der Waals surface area contributed by atoms with Crippen molar-refractivity contribution in [1.82, 2.24) is 14.9 Å². The first kappa shape index (κ1) is 17.0. The molecular weight excluding hydrogens is 314 g/mol. The van der Waals surface area contributed by atoms with Crippen LogP contribution in [0.1, 0.15) is 17.8 Å². The van der Waals surface area contributed by atoms with Gasteiger partial charge in [0.15, 0.2) is 0 Å². The molecule has 0 aliphatic rings. The number of ether oxygens (including phenoxy) is 1. The van der Waals surface area contributed by atoms with Gasteiger partial charge in [-0.15, -0.1) is 0 Å². The number of hydrogen-bond donors (Lipinski definition) is 1. The predicted octanol–water partition coefficient (Wildman–Crippen LogP) is 3.10. The molecule has 5 heteroatoms. The summed E-state index contributed by atoms with van der Waals surface area (Å²) in [5.41, 5.74) is 3.11. The standard InChI is InChI=1S/C20H23N3O2/c1-15-22-18-9-3-4-10-19(18)23(15)12-6-11-21-20(24)14-16-7-5-8-17(13-16)25-2/h3-5,7-10,13H,6,11-12,14H2,1-2H3,(H,21,24). The molecule has 3 rings (SSSR count). The maximum absolute atomic E-state index is 12.1. The third-order valence-corrected chi connectivity index (χ3v) is 4.22. The zero-order valence-electron chi connectivity index (χ0n) is 14.7. The minimum atomic E-state index is 0.0282. The summed E-state index contributed by atoms with van der Waals surface area (Å²) in [6, 6.07) is 15.7. The van der Waals surface area contributed by atoms with E-state index in [1.165, 1.54) is 0 Å². The maximum Gasteiger partial charge on any atom is 0.224 e. The van der Waals surface area contributed by atoms with Crippen molar-refractivity contribution in [1.29, 1.82) is 0 Å². The highest BCUT2D eigenvalue weighted by Gasteiger charge is 2.07. The van der Waals surface area contributed by atoms with E-state index in [4.69, 9.17) is 4.74 Å². The van der Waals surface area contributed by atoms with Crippen LogP contribution in [0.3, 0.4) is 0 Å². The first-order valence-electron chi connectivity index (χ1n) is 8.49. The van der Waals surface area contributed by atoms with E-state index in [0.717, 1.165) is 41.1 Å². The molecule has 0 fully saturated rings. The quantitative estimate of drug-likeness (QED) is 0.674. The number of para-hydroxylation sites is 2. The number of rotatable bonds is 7. The fourth-order valence-electron chi connectivity index (χ4n) is 2.97. The summed E-state index contributed by atoms with van der Waals surface area (Å²) in [7, 11) is 1.63. The summed E-state index contributed by atoms with van der Waals surface area (Å²) in [5, 5.41) is 2.99. The number of imidazole rings is 1. The van der Waals surface area contributed by atoms with Crippen molar-refractivity contribution >= 4 is 16.9 Å². The largest absolute Gasteiger partial charge is 0.497 e. The molecule has 0 unspecified atom stereocenters. The van der Waals surface area contributed by atoms with Crippen molar-refractivity contribution in [2.24, 2.45) is 0 Å². The highest BCUT2D eigenvalue weighted by molar-refractivity contribution is 5.78. The lowest BCUT2D eigenvalue weighted by molar-refractivity contribution is -0.120. The highest BCUT2D eigenvalue weighted by atomic mass is 16.5. The van der Waals surface area contributed by atoms with Crippen molar-refractivity contribution in [2.45, 2.75) is 26.3 Å². The van der Waals surface area contributed by atoms with Crippen LogP contribution in [0.4, 0.5) is 0 Å². The van der Waals surface area contributed by atoms with Gasteiger partial charge in [-0.3, -0.25) is 4.79 Å². The first-order chi connectivity index (χ1) is 12.2. The van der Waals surface area contributed by atoms with Gasteiger partial charge in [0.2, 0.25) is 5.91 Å². The average Bonchev–Trinajstić information content (AvgIpc) is 2.94. The van der Waals surface area contributed by atoms with Crippen LogP contribution in [0.25, 0.3) is 11.0 Å². The SMILES string of the molecule is COc1cccc(CC(=O)NCCCn2c(C)nc3ccccc32)c1. The molecule has 3 aromatic rings. The van der Waals surface area contributed by atoms with Gasteiger partial charge in [-0.1, -0.05) is 24.3 Å². The van der Waals surface area contributed by atoms with Crippen LogP contribution in [0, 0.1) is 6.92 Å². The highest BCUT2D eigenvalue weighted by Crippen LogP contribution is 2.16. The summed E-state index contributed by atoms with van der Waals surface area (Å²) in [6.07, 6.45) is 1.23. The number of carbonyl (C=O) groups is 1. The molecular formula is C20H23N3O2. The van der Waals surface area contributed by atoms with Gasteiger partial charge >= 0.3 is 0 Å². The summed E-state index contributed by atoms with van der Waals surface area (Å²) in [4.78, 5) is 16.6. The van der Waals surface area contributed by atoms with Gasteiger partial charge in [0, 0.05) is 13.1 Å². The Hall–Kier alpha value is -2.82. The smallest absolute Gasteiger partial charge is 0.224 e. The van der Waals surface area contributed by atoms with Crippen molar-refractivity contribution < 1.29 is 9.53 Å². The third-order valence-electron chi connectivity index (χ3n) is 4.22. The predicted molar refractivity (Wildman–Crippen MR) is 98.8 cm³/mol. The molecule has 0 aliphatic heterocycles. The lowest BCUT2D eigenvalue weighted by Gasteiger charge is -2.09. The normalized spacial score (nSPS) is 10.8. The lowest BCUT2D eigenvalue weighted by atomic mass is 10.1. The number of methoxy groups -OCH3 is 1. The minimum Gasteiger partial charge on any atom is -0.497 e.